The summed E-state index contributed by atoms with van der Waals surface area (Å²) in [5.74, 6) is 0. The molecule has 0 saturated carbocycles. The first-order valence-electron chi connectivity index (χ1n) is 10.5. The number of alkyl halides is 6. The van der Waals surface area contributed by atoms with Gasteiger partial charge in [-0.25, -0.2) is 0 Å². The minimum Gasteiger partial charge on any atom is -0.889 e. The Morgan fingerprint density at radius 1 is 0.613 bits per heavy atom. The summed E-state index contributed by atoms with van der Waals surface area (Å²) in [6, 6.07) is 0.103. The fourth-order valence-electron chi connectivity index (χ4n) is 2.62. The van der Waals surface area contributed by atoms with Crippen LogP contribution in [0.2, 0.25) is 0 Å². The zero-order chi connectivity index (χ0) is 24.8. The van der Waals surface area contributed by atoms with E-state index in [1.165, 1.54) is 39.3 Å². The van der Waals surface area contributed by atoms with Crippen molar-refractivity contribution in [3.63, 3.8) is 0 Å². The summed E-state index contributed by atoms with van der Waals surface area (Å²) in [4.78, 5) is 3.36. The maximum atomic E-state index is 12.2. The molecule has 4 nitrogen and oxygen atoms in total. The van der Waals surface area contributed by atoms with Gasteiger partial charge in [0, 0.05) is 0 Å². The Hall–Kier alpha value is -1.30. The highest BCUT2D eigenvalue weighted by Gasteiger charge is 2.36. The second-order valence-corrected chi connectivity index (χ2v) is 6.79. The number of nitrogens with one attached hydrogen (secondary N) is 2. The number of rotatable bonds is 7. The van der Waals surface area contributed by atoms with Crippen LogP contribution in [0.5, 0.6) is 0 Å². The molecule has 0 aliphatic carbocycles. The molecule has 31 heavy (non-hydrogen) atoms. The Morgan fingerprint density at radius 3 is 1.00 bits per heavy atom. The lowest BCUT2D eigenvalue weighted by Crippen LogP contribution is -3.11. The number of quaternary nitrogens is 2. The van der Waals surface area contributed by atoms with E-state index in [-0.39, 0.29) is 18.2 Å². The van der Waals surface area contributed by atoms with E-state index in [0.29, 0.717) is 0 Å². The van der Waals surface area contributed by atoms with Crippen LogP contribution in [0, 0.1) is 0 Å². The standard InChI is InChI=1S/C8H3BF6O2.2C6H15N/c10-7(11,12)4-1-5(8(13,14)15)3-6(2-4)9(16)17;2*1-4-7(5-2)6-3/h1-3H;2*4-6H2,1-3H3/q-2;;/p+2. The lowest BCUT2D eigenvalue weighted by atomic mass is 9.78. The Kier molecular flexibility index (Phi) is 15.9. The normalized spacial score (nSPS) is 11.6. The van der Waals surface area contributed by atoms with E-state index in [0.717, 1.165) is 0 Å². The molecule has 0 radical (unpaired) electrons. The number of halogens is 6. The summed E-state index contributed by atoms with van der Waals surface area (Å²) in [7, 11) is -2.90. The summed E-state index contributed by atoms with van der Waals surface area (Å²) >= 11 is 0. The molecule has 1 aromatic rings. The molecule has 182 valence electrons. The van der Waals surface area contributed by atoms with Crippen LogP contribution in [0.3, 0.4) is 0 Å². The average Bonchev–Trinajstić information content (AvgIpc) is 2.70. The Bertz CT molecular complexity index is 535. The molecule has 1 aromatic carbocycles. The summed E-state index contributed by atoms with van der Waals surface area (Å²) in [5, 5.41) is 20.8. The molecule has 0 amide bonds. The van der Waals surface area contributed by atoms with Crippen LogP contribution in [0.25, 0.3) is 0 Å². The van der Waals surface area contributed by atoms with Gasteiger partial charge in [-0.3, -0.25) is 0 Å². The van der Waals surface area contributed by atoms with Gasteiger partial charge in [0.25, 0.3) is 0 Å². The van der Waals surface area contributed by atoms with Gasteiger partial charge >= 0.3 is 12.4 Å². The molecule has 2 N–H and O–H groups in total. The summed E-state index contributed by atoms with van der Waals surface area (Å²) in [6.45, 7) is 21.0. The van der Waals surface area contributed by atoms with Crippen molar-refractivity contribution < 1.29 is 46.2 Å². The zero-order valence-electron chi connectivity index (χ0n) is 19.1. The third-order valence-corrected chi connectivity index (χ3v) is 4.88. The predicted octanol–water partition coefficient (Wildman–Crippen LogP) is 0.00200. The van der Waals surface area contributed by atoms with E-state index in [4.69, 9.17) is 0 Å². The van der Waals surface area contributed by atoms with Gasteiger partial charge in [-0.1, -0.05) is 19.3 Å². The summed E-state index contributed by atoms with van der Waals surface area (Å²) in [6.07, 6.45) is -10.1. The molecule has 0 atom stereocenters. The maximum absolute atomic E-state index is 12.2. The molecule has 0 aliphatic heterocycles. The van der Waals surface area contributed by atoms with E-state index >= 15 is 0 Å². The van der Waals surface area contributed by atoms with Crippen LogP contribution in [0.15, 0.2) is 18.2 Å². The lowest BCUT2D eigenvalue weighted by Gasteiger charge is -2.28. The molecule has 0 unspecified atom stereocenters. The van der Waals surface area contributed by atoms with E-state index in [1.807, 2.05) is 0 Å². The van der Waals surface area contributed by atoms with Crippen LogP contribution in [0.4, 0.5) is 26.3 Å². The zero-order valence-corrected chi connectivity index (χ0v) is 19.1. The molecule has 0 heterocycles. The molecular formula is C20H35BF6N2O2. The Balaban J connectivity index is 0. The molecule has 0 fully saturated rings. The topological polar surface area (TPSA) is 55.0 Å². The first kappa shape index (κ1) is 31.9. The predicted molar refractivity (Wildman–Crippen MR) is 107 cm³/mol. The molecular weight excluding hydrogens is 425 g/mol. The highest BCUT2D eigenvalue weighted by molar-refractivity contribution is 6.55. The Labute approximate surface area is 182 Å². The van der Waals surface area contributed by atoms with Crippen molar-refractivity contribution in [2.24, 2.45) is 0 Å². The molecule has 0 saturated heterocycles. The minimum atomic E-state index is -5.05. The van der Waals surface area contributed by atoms with Gasteiger partial charge in [-0.15, -0.1) is 5.46 Å². The maximum Gasteiger partial charge on any atom is 0.416 e. The van der Waals surface area contributed by atoms with Crippen LogP contribution < -0.4 is 25.3 Å². The number of hydrogen-bond donors (Lipinski definition) is 2. The third kappa shape index (κ3) is 13.7. The first-order valence-corrected chi connectivity index (χ1v) is 10.5. The fourth-order valence-corrected chi connectivity index (χ4v) is 2.62. The van der Waals surface area contributed by atoms with Gasteiger partial charge in [0.05, 0.1) is 50.4 Å². The van der Waals surface area contributed by atoms with Gasteiger partial charge < -0.3 is 19.8 Å². The van der Waals surface area contributed by atoms with Gasteiger partial charge in [-0.2, -0.15) is 26.3 Å². The third-order valence-electron chi connectivity index (χ3n) is 4.88. The van der Waals surface area contributed by atoms with Crippen molar-refractivity contribution in [1.29, 1.82) is 0 Å². The fraction of sp³-hybridized carbons (Fsp3) is 0.700. The van der Waals surface area contributed by atoms with Crippen LogP contribution in [-0.4, -0.2) is 46.4 Å². The molecule has 0 aliphatic rings. The van der Waals surface area contributed by atoms with Gasteiger partial charge in [0.15, 0.2) is 0 Å². The van der Waals surface area contributed by atoms with Crippen molar-refractivity contribution in [3.05, 3.63) is 29.3 Å². The smallest absolute Gasteiger partial charge is 0.416 e. The molecule has 11 heteroatoms. The van der Waals surface area contributed by atoms with Crippen molar-refractivity contribution in [3.8, 4) is 0 Å². The molecule has 1 rings (SSSR count). The second kappa shape index (κ2) is 15.5. The number of benzene rings is 1. The highest BCUT2D eigenvalue weighted by atomic mass is 19.4. The second-order valence-electron chi connectivity index (χ2n) is 6.79. The lowest BCUT2D eigenvalue weighted by molar-refractivity contribution is -0.894. The van der Waals surface area contributed by atoms with Crippen LogP contribution in [0.1, 0.15) is 52.7 Å². The van der Waals surface area contributed by atoms with Gasteiger partial charge in [0.2, 0.25) is 0 Å². The van der Waals surface area contributed by atoms with E-state index < -0.39 is 36.1 Å². The first-order chi connectivity index (χ1) is 14.2. The largest absolute Gasteiger partial charge is 0.889 e. The van der Waals surface area contributed by atoms with E-state index in [2.05, 4.69) is 41.5 Å². The minimum absolute atomic E-state index is 0.125. The van der Waals surface area contributed by atoms with Crippen molar-refractivity contribution in [2.45, 2.75) is 53.9 Å². The summed E-state index contributed by atoms with van der Waals surface area (Å²) < 4.78 is 73.4. The van der Waals surface area contributed by atoms with Crippen molar-refractivity contribution in [1.82, 2.24) is 0 Å². The van der Waals surface area contributed by atoms with Crippen molar-refractivity contribution in [2.75, 3.05) is 39.3 Å². The van der Waals surface area contributed by atoms with Crippen LogP contribution in [-0.2, 0) is 12.4 Å². The molecule has 0 aromatic heterocycles. The molecule has 0 bridgehead atoms. The quantitative estimate of drug-likeness (QED) is 0.445. The van der Waals surface area contributed by atoms with Crippen LogP contribution >= 0.6 is 0 Å². The van der Waals surface area contributed by atoms with Crippen molar-refractivity contribution >= 4 is 12.6 Å². The average molecular weight is 460 g/mol. The van der Waals surface area contributed by atoms with E-state index in [9.17, 15) is 36.4 Å². The monoisotopic (exact) mass is 460 g/mol. The highest BCUT2D eigenvalue weighted by Crippen LogP contribution is 2.34. The molecule has 0 spiro atoms. The Morgan fingerprint density at radius 2 is 0.871 bits per heavy atom. The van der Waals surface area contributed by atoms with E-state index in [1.54, 1.807) is 9.80 Å². The number of hydrogen-bond acceptors (Lipinski definition) is 2. The van der Waals surface area contributed by atoms with Gasteiger partial charge in [-0.05, 0) is 47.6 Å². The summed E-state index contributed by atoms with van der Waals surface area (Å²) in [5.41, 5.74) is -4.43. The van der Waals surface area contributed by atoms with Gasteiger partial charge in [0.1, 0.15) is 0 Å². The SMILES string of the molecule is CC[NH+](CC)CC.CC[NH+](CC)CC.[O-]B([O-])c1cc(C(F)(F)F)cc(C(F)(F)F)c1.